The van der Waals surface area contributed by atoms with Gasteiger partial charge in [-0.25, -0.2) is 4.98 Å². The van der Waals surface area contributed by atoms with Gasteiger partial charge in [0.25, 0.3) is 0 Å². The predicted molar refractivity (Wildman–Crippen MR) is 73.3 cm³/mol. The number of halogens is 1. The largest absolute Gasteiger partial charge is 0.367 e. The molecule has 0 fully saturated rings. The number of hydrogen-bond acceptors (Lipinski definition) is 3. The van der Waals surface area contributed by atoms with Crippen molar-refractivity contribution < 1.29 is 4.21 Å². The monoisotopic (exact) mass is 304 g/mol. The predicted octanol–water partition coefficient (Wildman–Crippen LogP) is 2.72. The van der Waals surface area contributed by atoms with E-state index in [1.165, 1.54) is 0 Å². The Balaban J connectivity index is 2.59. The average molecular weight is 305 g/mol. The molecule has 1 aromatic heterocycles. The first-order valence-corrected chi connectivity index (χ1v) is 7.70. The molecule has 1 aromatic rings. The Kier molecular flexibility index (Phi) is 5.41. The van der Waals surface area contributed by atoms with E-state index in [2.05, 4.69) is 33.2 Å². The molecule has 0 amide bonds. The fourth-order valence-electron chi connectivity index (χ4n) is 1.29. The third-order valence-corrected chi connectivity index (χ3v) is 4.12. The maximum absolute atomic E-state index is 11.0. The molecule has 2 unspecified atom stereocenters. The Bertz CT molecular complexity index is 384. The van der Waals surface area contributed by atoms with Crippen molar-refractivity contribution in [2.24, 2.45) is 0 Å². The molecule has 0 aliphatic carbocycles. The first-order valence-electron chi connectivity index (χ1n) is 5.18. The van der Waals surface area contributed by atoms with Gasteiger partial charge in [-0.15, -0.1) is 0 Å². The summed E-state index contributed by atoms with van der Waals surface area (Å²) in [7, 11) is -0.726. The van der Waals surface area contributed by atoms with Crippen molar-refractivity contribution in [3.8, 4) is 0 Å². The van der Waals surface area contributed by atoms with Crippen molar-refractivity contribution >= 4 is 32.5 Å². The highest BCUT2D eigenvalue weighted by atomic mass is 79.9. The molecule has 0 saturated carbocycles. The van der Waals surface area contributed by atoms with Crippen LogP contribution in [0.25, 0.3) is 0 Å². The molecular weight excluding hydrogens is 288 g/mol. The van der Waals surface area contributed by atoms with Gasteiger partial charge in [0, 0.05) is 35.0 Å². The van der Waals surface area contributed by atoms with E-state index >= 15 is 0 Å². The van der Waals surface area contributed by atoms with Crippen LogP contribution in [0.3, 0.4) is 0 Å². The molecule has 16 heavy (non-hydrogen) atoms. The van der Waals surface area contributed by atoms with Crippen LogP contribution in [0.5, 0.6) is 0 Å². The summed E-state index contributed by atoms with van der Waals surface area (Å²) >= 11 is 3.50. The second kappa shape index (κ2) is 6.35. The van der Waals surface area contributed by atoms with E-state index in [0.29, 0.717) is 0 Å². The van der Waals surface area contributed by atoms with Crippen LogP contribution in [0.15, 0.2) is 16.7 Å². The lowest BCUT2D eigenvalue weighted by Crippen LogP contribution is -2.19. The molecule has 0 aliphatic heterocycles. The molecule has 0 bridgehead atoms. The van der Waals surface area contributed by atoms with Gasteiger partial charge in [0.2, 0.25) is 0 Å². The summed E-state index contributed by atoms with van der Waals surface area (Å²) < 4.78 is 12.0. The molecular formula is C11H17BrN2OS. The number of aromatic nitrogens is 1. The average Bonchev–Trinajstić information content (AvgIpc) is 2.22. The van der Waals surface area contributed by atoms with Crippen LogP contribution in [0, 0.1) is 6.92 Å². The van der Waals surface area contributed by atoms with Gasteiger partial charge < -0.3 is 5.32 Å². The van der Waals surface area contributed by atoms with Crippen LogP contribution < -0.4 is 5.32 Å². The van der Waals surface area contributed by atoms with Crippen molar-refractivity contribution in [1.29, 1.82) is 0 Å². The third kappa shape index (κ3) is 4.22. The van der Waals surface area contributed by atoms with E-state index in [-0.39, 0.29) is 6.04 Å². The van der Waals surface area contributed by atoms with Gasteiger partial charge in [0.1, 0.15) is 5.82 Å². The van der Waals surface area contributed by atoms with E-state index in [1.54, 1.807) is 12.5 Å². The highest BCUT2D eigenvalue weighted by molar-refractivity contribution is 9.10. The molecule has 2 atom stereocenters. The molecule has 1 heterocycles. The zero-order chi connectivity index (χ0) is 12.1. The summed E-state index contributed by atoms with van der Waals surface area (Å²) in [5.74, 6) is 1.58. The summed E-state index contributed by atoms with van der Waals surface area (Å²) in [6, 6.07) is 2.23. The van der Waals surface area contributed by atoms with E-state index < -0.39 is 10.8 Å². The Morgan fingerprint density at radius 3 is 2.94 bits per heavy atom. The van der Waals surface area contributed by atoms with Gasteiger partial charge in [-0.1, -0.05) is 0 Å². The minimum Gasteiger partial charge on any atom is -0.367 e. The second-order valence-electron chi connectivity index (χ2n) is 3.90. The van der Waals surface area contributed by atoms with Crippen molar-refractivity contribution in [3.05, 3.63) is 22.3 Å². The minimum absolute atomic E-state index is 0.273. The first-order chi connectivity index (χ1) is 7.50. The van der Waals surface area contributed by atoms with Gasteiger partial charge in [-0.05, 0) is 47.8 Å². The van der Waals surface area contributed by atoms with Crippen molar-refractivity contribution in [2.75, 3.05) is 17.3 Å². The van der Waals surface area contributed by atoms with Crippen molar-refractivity contribution in [3.63, 3.8) is 0 Å². The molecule has 0 radical (unpaired) electrons. The number of rotatable bonds is 5. The van der Waals surface area contributed by atoms with Crippen LogP contribution in [-0.4, -0.2) is 27.2 Å². The zero-order valence-corrected chi connectivity index (χ0v) is 12.2. The zero-order valence-electron chi connectivity index (χ0n) is 9.79. The van der Waals surface area contributed by atoms with E-state index in [4.69, 9.17) is 0 Å². The standard InChI is InChI=1S/C11H17BrN2OS/c1-8-4-6-13-11(10(8)12)14-9(2)5-7-16(3)15/h4,6,9H,5,7H2,1-3H3,(H,13,14). The number of aryl methyl sites for hydroxylation is 1. The van der Waals surface area contributed by atoms with Gasteiger partial charge in [-0.3, -0.25) is 4.21 Å². The molecule has 0 aliphatic rings. The SMILES string of the molecule is Cc1ccnc(NC(C)CCS(C)=O)c1Br. The highest BCUT2D eigenvalue weighted by Crippen LogP contribution is 2.24. The number of nitrogens with zero attached hydrogens (tertiary/aromatic N) is 1. The third-order valence-electron chi connectivity index (χ3n) is 2.30. The number of nitrogens with one attached hydrogen (secondary N) is 1. The van der Waals surface area contributed by atoms with Crippen LogP contribution in [0.2, 0.25) is 0 Å². The molecule has 5 heteroatoms. The number of hydrogen-bond donors (Lipinski definition) is 1. The molecule has 0 aromatic carbocycles. The fraction of sp³-hybridized carbons (Fsp3) is 0.545. The maximum atomic E-state index is 11.0. The van der Waals surface area contributed by atoms with Crippen LogP contribution >= 0.6 is 15.9 Å². The molecule has 90 valence electrons. The van der Waals surface area contributed by atoms with E-state index in [9.17, 15) is 4.21 Å². The number of pyridine rings is 1. The molecule has 1 rings (SSSR count). The van der Waals surface area contributed by atoms with Gasteiger partial charge >= 0.3 is 0 Å². The van der Waals surface area contributed by atoms with E-state index in [0.717, 1.165) is 28.0 Å². The normalized spacial score (nSPS) is 14.5. The summed E-state index contributed by atoms with van der Waals surface area (Å²) in [4.78, 5) is 4.27. The summed E-state index contributed by atoms with van der Waals surface area (Å²) in [6.07, 6.45) is 4.39. The Morgan fingerprint density at radius 1 is 1.62 bits per heavy atom. The highest BCUT2D eigenvalue weighted by Gasteiger charge is 2.08. The lowest BCUT2D eigenvalue weighted by Gasteiger charge is -2.15. The lowest BCUT2D eigenvalue weighted by molar-refractivity contribution is 0.678. The fourth-order valence-corrected chi connectivity index (χ4v) is 2.32. The number of anilines is 1. The lowest BCUT2D eigenvalue weighted by atomic mass is 10.2. The van der Waals surface area contributed by atoms with Crippen molar-refractivity contribution in [2.45, 2.75) is 26.3 Å². The van der Waals surface area contributed by atoms with Gasteiger partial charge in [0.15, 0.2) is 0 Å². The summed E-state index contributed by atoms with van der Waals surface area (Å²) in [5.41, 5.74) is 1.16. The topological polar surface area (TPSA) is 42.0 Å². The van der Waals surface area contributed by atoms with Crippen LogP contribution in [0.4, 0.5) is 5.82 Å². The Hall–Kier alpha value is -0.420. The summed E-state index contributed by atoms with van der Waals surface area (Å²) in [5, 5.41) is 3.31. The quantitative estimate of drug-likeness (QED) is 0.909. The smallest absolute Gasteiger partial charge is 0.140 e. The maximum Gasteiger partial charge on any atom is 0.140 e. The molecule has 3 nitrogen and oxygen atoms in total. The second-order valence-corrected chi connectivity index (χ2v) is 6.25. The van der Waals surface area contributed by atoms with E-state index in [1.807, 2.05) is 13.0 Å². The van der Waals surface area contributed by atoms with Crippen LogP contribution in [-0.2, 0) is 10.8 Å². The Morgan fingerprint density at radius 2 is 2.31 bits per heavy atom. The molecule has 1 N–H and O–H groups in total. The Labute approximate surface area is 108 Å². The molecule has 0 saturated heterocycles. The van der Waals surface area contributed by atoms with Gasteiger partial charge in [0.05, 0.1) is 4.47 Å². The first kappa shape index (κ1) is 13.6. The summed E-state index contributed by atoms with van der Waals surface area (Å²) in [6.45, 7) is 4.10. The van der Waals surface area contributed by atoms with Gasteiger partial charge in [-0.2, -0.15) is 0 Å². The van der Waals surface area contributed by atoms with Crippen molar-refractivity contribution in [1.82, 2.24) is 4.98 Å². The molecule has 0 spiro atoms. The minimum atomic E-state index is -0.726. The van der Waals surface area contributed by atoms with Crippen LogP contribution in [0.1, 0.15) is 18.9 Å².